The molecule has 0 bridgehead atoms. The van der Waals surface area contributed by atoms with Gasteiger partial charge in [-0.25, -0.2) is 0 Å². The van der Waals surface area contributed by atoms with E-state index in [1.807, 2.05) is 20.8 Å². The number of aryl methyl sites for hydroxylation is 1. The van der Waals surface area contributed by atoms with Gasteiger partial charge in [-0.2, -0.15) is 0 Å². The van der Waals surface area contributed by atoms with Crippen molar-refractivity contribution in [2.24, 2.45) is 0 Å². The van der Waals surface area contributed by atoms with Gasteiger partial charge in [-0.15, -0.1) is 0 Å². The largest absolute Gasteiger partial charge is 0.389 e. The first-order valence-electron chi connectivity index (χ1n) is 8.20. The van der Waals surface area contributed by atoms with E-state index in [2.05, 4.69) is 41.0 Å². The van der Waals surface area contributed by atoms with Crippen LogP contribution in [0.5, 0.6) is 0 Å². The second-order valence-electron chi connectivity index (χ2n) is 7.15. The maximum atomic E-state index is 10.1. The van der Waals surface area contributed by atoms with Gasteiger partial charge in [-0.1, -0.05) is 18.2 Å². The molecule has 1 aliphatic heterocycles. The van der Waals surface area contributed by atoms with Crippen molar-refractivity contribution in [2.75, 3.05) is 44.2 Å². The predicted molar refractivity (Wildman–Crippen MR) is 91.5 cm³/mol. The third-order valence-electron chi connectivity index (χ3n) is 4.01. The van der Waals surface area contributed by atoms with Crippen molar-refractivity contribution in [3.8, 4) is 0 Å². The number of hydrogen-bond donors (Lipinski definition) is 1. The second kappa shape index (κ2) is 7.44. The fraction of sp³-hybridized carbons (Fsp3) is 0.667. The molecule has 0 saturated carbocycles. The van der Waals surface area contributed by atoms with Crippen LogP contribution in [-0.4, -0.2) is 61.0 Å². The number of nitrogens with zero attached hydrogens (tertiary/aromatic N) is 2. The van der Waals surface area contributed by atoms with Gasteiger partial charge in [0, 0.05) is 38.4 Å². The summed E-state index contributed by atoms with van der Waals surface area (Å²) in [5.41, 5.74) is 2.47. The molecule has 0 aliphatic carbocycles. The molecule has 1 heterocycles. The average molecular weight is 306 g/mol. The Kier molecular flexibility index (Phi) is 5.84. The highest BCUT2D eigenvalue weighted by Crippen LogP contribution is 2.20. The topological polar surface area (TPSA) is 35.9 Å². The standard InChI is InChI=1S/C18H30N2O2/c1-15-7-5-6-8-17(15)20-11-9-19(10-12-20)13-16(21)14-22-18(2,3)4/h5-8,16,21H,9-14H2,1-4H3. The molecule has 1 aromatic carbocycles. The number of rotatable bonds is 5. The van der Waals surface area contributed by atoms with Crippen molar-refractivity contribution < 1.29 is 9.84 Å². The van der Waals surface area contributed by atoms with Gasteiger partial charge in [0.05, 0.1) is 18.3 Å². The van der Waals surface area contributed by atoms with E-state index in [0.29, 0.717) is 13.2 Å². The molecule has 0 spiro atoms. The molecule has 1 aliphatic rings. The summed E-state index contributed by atoms with van der Waals surface area (Å²) in [6.07, 6.45) is -0.413. The molecule has 2 rings (SSSR count). The molecule has 0 radical (unpaired) electrons. The highest BCUT2D eigenvalue weighted by Gasteiger charge is 2.21. The molecule has 1 aromatic rings. The van der Waals surface area contributed by atoms with Gasteiger partial charge >= 0.3 is 0 Å². The Balaban J connectivity index is 1.77. The summed E-state index contributed by atoms with van der Waals surface area (Å²) in [5, 5.41) is 10.1. The van der Waals surface area contributed by atoms with E-state index < -0.39 is 6.10 Å². The van der Waals surface area contributed by atoms with E-state index in [4.69, 9.17) is 4.74 Å². The van der Waals surface area contributed by atoms with E-state index in [-0.39, 0.29) is 5.60 Å². The van der Waals surface area contributed by atoms with Crippen LogP contribution in [0.3, 0.4) is 0 Å². The minimum Gasteiger partial charge on any atom is -0.389 e. The lowest BCUT2D eigenvalue weighted by Gasteiger charge is -2.37. The van der Waals surface area contributed by atoms with Crippen molar-refractivity contribution in [3.63, 3.8) is 0 Å². The Morgan fingerprint density at radius 2 is 1.77 bits per heavy atom. The first-order valence-corrected chi connectivity index (χ1v) is 8.20. The molecule has 1 unspecified atom stereocenters. The molecule has 124 valence electrons. The minimum absolute atomic E-state index is 0.190. The van der Waals surface area contributed by atoms with Gasteiger partial charge in [-0.05, 0) is 39.3 Å². The van der Waals surface area contributed by atoms with Gasteiger partial charge in [-0.3, -0.25) is 4.90 Å². The van der Waals surface area contributed by atoms with E-state index in [1.165, 1.54) is 11.3 Å². The van der Waals surface area contributed by atoms with Crippen LogP contribution in [0.1, 0.15) is 26.3 Å². The number of aliphatic hydroxyl groups is 1. The van der Waals surface area contributed by atoms with Crippen LogP contribution >= 0.6 is 0 Å². The summed E-state index contributed by atoms with van der Waals surface area (Å²) in [4.78, 5) is 4.76. The number of ether oxygens (including phenoxy) is 1. The molecule has 4 nitrogen and oxygen atoms in total. The first-order chi connectivity index (χ1) is 10.3. The Hall–Kier alpha value is -1.10. The van der Waals surface area contributed by atoms with Gasteiger partial charge < -0.3 is 14.7 Å². The number of para-hydroxylation sites is 1. The summed E-state index contributed by atoms with van der Waals surface area (Å²) in [5.74, 6) is 0. The summed E-state index contributed by atoms with van der Waals surface area (Å²) in [6, 6.07) is 8.54. The fourth-order valence-electron chi connectivity index (χ4n) is 2.79. The molecule has 1 saturated heterocycles. The quantitative estimate of drug-likeness (QED) is 0.905. The number of aliphatic hydroxyl groups excluding tert-OH is 1. The van der Waals surface area contributed by atoms with Crippen LogP contribution in [0.2, 0.25) is 0 Å². The highest BCUT2D eigenvalue weighted by molar-refractivity contribution is 5.53. The van der Waals surface area contributed by atoms with Crippen LogP contribution < -0.4 is 4.90 Å². The Labute approximate surface area is 134 Å². The van der Waals surface area contributed by atoms with E-state index in [1.54, 1.807) is 0 Å². The Bertz CT molecular complexity index is 462. The van der Waals surface area contributed by atoms with Crippen LogP contribution in [0.25, 0.3) is 0 Å². The second-order valence-corrected chi connectivity index (χ2v) is 7.15. The van der Waals surface area contributed by atoms with Crippen molar-refractivity contribution >= 4 is 5.69 Å². The molecular weight excluding hydrogens is 276 g/mol. The molecule has 1 atom stereocenters. The van der Waals surface area contributed by atoms with Crippen molar-refractivity contribution in [2.45, 2.75) is 39.4 Å². The molecule has 22 heavy (non-hydrogen) atoms. The van der Waals surface area contributed by atoms with Gasteiger partial charge in [0.1, 0.15) is 0 Å². The molecule has 0 amide bonds. The molecule has 1 N–H and O–H groups in total. The summed E-state index contributed by atoms with van der Waals surface area (Å²) < 4.78 is 5.65. The minimum atomic E-state index is -0.413. The molecule has 4 heteroatoms. The number of hydrogen-bond acceptors (Lipinski definition) is 4. The smallest absolute Gasteiger partial charge is 0.0900 e. The molecular formula is C18H30N2O2. The maximum Gasteiger partial charge on any atom is 0.0900 e. The predicted octanol–water partition coefficient (Wildman–Crippen LogP) is 2.29. The lowest BCUT2D eigenvalue weighted by atomic mass is 10.1. The lowest BCUT2D eigenvalue weighted by molar-refractivity contribution is -0.0563. The zero-order chi connectivity index (χ0) is 16.2. The fourth-order valence-corrected chi connectivity index (χ4v) is 2.79. The van der Waals surface area contributed by atoms with E-state index >= 15 is 0 Å². The highest BCUT2D eigenvalue weighted by atomic mass is 16.5. The number of benzene rings is 1. The van der Waals surface area contributed by atoms with Crippen molar-refractivity contribution in [3.05, 3.63) is 29.8 Å². The van der Waals surface area contributed by atoms with Gasteiger partial charge in [0.25, 0.3) is 0 Å². The first kappa shape index (κ1) is 17.3. The average Bonchev–Trinajstić information content (AvgIpc) is 2.46. The van der Waals surface area contributed by atoms with Crippen LogP contribution in [0.15, 0.2) is 24.3 Å². The zero-order valence-corrected chi connectivity index (χ0v) is 14.4. The zero-order valence-electron chi connectivity index (χ0n) is 14.4. The monoisotopic (exact) mass is 306 g/mol. The lowest BCUT2D eigenvalue weighted by Crippen LogP contribution is -2.49. The van der Waals surface area contributed by atoms with Crippen molar-refractivity contribution in [1.82, 2.24) is 4.90 Å². The SMILES string of the molecule is Cc1ccccc1N1CCN(CC(O)COC(C)(C)C)CC1. The Morgan fingerprint density at radius 3 is 2.36 bits per heavy atom. The van der Waals surface area contributed by atoms with Crippen LogP contribution in [0.4, 0.5) is 5.69 Å². The molecule has 1 fully saturated rings. The summed E-state index contributed by atoms with van der Waals surface area (Å²) in [6.45, 7) is 13.3. The van der Waals surface area contributed by atoms with E-state index in [0.717, 1.165) is 26.2 Å². The number of anilines is 1. The third kappa shape index (κ3) is 5.27. The normalized spacial score (nSPS) is 18.5. The number of piperazine rings is 1. The summed E-state index contributed by atoms with van der Waals surface area (Å²) >= 11 is 0. The van der Waals surface area contributed by atoms with Gasteiger partial charge in [0.2, 0.25) is 0 Å². The maximum absolute atomic E-state index is 10.1. The third-order valence-corrected chi connectivity index (χ3v) is 4.01. The molecule has 0 aromatic heterocycles. The Morgan fingerprint density at radius 1 is 1.14 bits per heavy atom. The van der Waals surface area contributed by atoms with Crippen LogP contribution in [-0.2, 0) is 4.74 Å². The van der Waals surface area contributed by atoms with Crippen LogP contribution in [0, 0.1) is 6.92 Å². The number of β-amino-alcohol motifs (C(OH)–C–C–N with tert-alkyl or cyclic N) is 1. The summed E-state index contributed by atoms with van der Waals surface area (Å²) in [7, 11) is 0. The van der Waals surface area contributed by atoms with E-state index in [9.17, 15) is 5.11 Å². The van der Waals surface area contributed by atoms with Crippen molar-refractivity contribution in [1.29, 1.82) is 0 Å². The van der Waals surface area contributed by atoms with Gasteiger partial charge in [0.15, 0.2) is 0 Å².